The highest BCUT2D eigenvalue weighted by Crippen LogP contribution is 2.40. The topological polar surface area (TPSA) is 68.7 Å². The SMILES string of the molecule is C[C@H](CCNC(O)C[C@H]1C[C@H]1C)CC[C@@H](C)CCC1CC(CNCC2C=CC(N[C@H](C)Cl)CC2F)=CC=N1. The fourth-order valence-electron chi connectivity index (χ4n) is 5.84. The highest BCUT2D eigenvalue weighted by Gasteiger charge is 2.33. The molecule has 218 valence electrons. The van der Waals surface area contributed by atoms with Crippen LogP contribution in [-0.2, 0) is 0 Å². The first-order valence-electron chi connectivity index (χ1n) is 15.3. The Hall–Kier alpha value is -0.790. The second-order valence-corrected chi connectivity index (χ2v) is 13.3. The van der Waals surface area contributed by atoms with E-state index in [-0.39, 0.29) is 23.7 Å². The van der Waals surface area contributed by atoms with E-state index in [0.29, 0.717) is 30.8 Å². The molecule has 1 saturated carbocycles. The molecule has 38 heavy (non-hydrogen) atoms. The lowest BCUT2D eigenvalue weighted by molar-refractivity contribution is 0.118. The molecular formula is C31H54ClFN4O. The number of alkyl halides is 2. The quantitative estimate of drug-likeness (QED) is 0.0730. The molecule has 0 amide bonds. The second-order valence-electron chi connectivity index (χ2n) is 12.6. The third-order valence-corrected chi connectivity index (χ3v) is 8.91. The van der Waals surface area contributed by atoms with Crippen LogP contribution in [0.5, 0.6) is 0 Å². The molecule has 0 radical (unpaired) electrons. The van der Waals surface area contributed by atoms with Crippen molar-refractivity contribution in [3.05, 3.63) is 23.8 Å². The molecule has 0 aromatic rings. The second kappa shape index (κ2) is 16.5. The van der Waals surface area contributed by atoms with Gasteiger partial charge in [0.2, 0.25) is 0 Å². The number of aliphatic hydroxyl groups excluding tert-OH is 1. The zero-order valence-electron chi connectivity index (χ0n) is 24.2. The largest absolute Gasteiger partial charge is 0.379 e. The van der Waals surface area contributed by atoms with Gasteiger partial charge in [0.25, 0.3) is 0 Å². The Bertz CT molecular complexity index is 775. The summed E-state index contributed by atoms with van der Waals surface area (Å²) >= 11 is 5.98. The summed E-state index contributed by atoms with van der Waals surface area (Å²) in [6.07, 6.45) is 16.6. The number of hydrogen-bond donors (Lipinski definition) is 4. The molecule has 4 N–H and O–H groups in total. The van der Waals surface area contributed by atoms with Gasteiger partial charge in [-0.05, 0) is 88.2 Å². The van der Waals surface area contributed by atoms with Crippen LogP contribution in [0, 0.1) is 29.6 Å². The van der Waals surface area contributed by atoms with Crippen LogP contribution in [0.2, 0.25) is 0 Å². The lowest BCUT2D eigenvalue weighted by Crippen LogP contribution is -2.40. The maximum atomic E-state index is 14.6. The van der Waals surface area contributed by atoms with E-state index in [9.17, 15) is 9.50 Å². The Morgan fingerprint density at radius 1 is 1.11 bits per heavy atom. The summed E-state index contributed by atoms with van der Waals surface area (Å²) in [4.78, 5) is 4.73. The number of allylic oxidation sites excluding steroid dienone is 1. The third kappa shape index (κ3) is 12.2. The fourth-order valence-corrected chi connectivity index (χ4v) is 6.00. The van der Waals surface area contributed by atoms with E-state index in [1.807, 2.05) is 19.2 Å². The first-order chi connectivity index (χ1) is 18.2. The van der Waals surface area contributed by atoms with Crippen LogP contribution >= 0.6 is 11.6 Å². The number of halogens is 2. The highest BCUT2D eigenvalue weighted by molar-refractivity contribution is 6.20. The fraction of sp³-hybridized carbons (Fsp3) is 0.839. The highest BCUT2D eigenvalue weighted by atomic mass is 35.5. The number of nitrogens with one attached hydrogen (secondary N) is 3. The molecule has 7 heteroatoms. The van der Waals surface area contributed by atoms with Gasteiger partial charge in [-0.15, -0.1) is 11.6 Å². The van der Waals surface area contributed by atoms with Gasteiger partial charge in [0.05, 0.1) is 11.5 Å². The Morgan fingerprint density at radius 3 is 2.53 bits per heavy atom. The van der Waals surface area contributed by atoms with Crippen molar-refractivity contribution in [2.24, 2.45) is 34.6 Å². The molecule has 5 nitrogen and oxygen atoms in total. The summed E-state index contributed by atoms with van der Waals surface area (Å²) in [6.45, 7) is 11.2. The van der Waals surface area contributed by atoms with Gasteiger partial charge < -0.3 is 10.4 Å². The number of dihydropyridines is 1. The summed E-state index contributed by atoms with van der Waals surface area (Å²) in [5.41, 5.74) is 1.21. The van der Waals surface area contributed by atoms with E-state index in [0.717, 1.165) is 50.6 Å². The van der Waals surface area contributed by atoms with Crippen molar-refractivity contribution in [3.8, 4) is 0 Å². The van der Waals surface area contributed by atoms with Crippen LogP contribution in [0.3, 0.4) is 0 Å². The van der Waals surface area contributed by atoms with Gasteiger partial charge in [-0.1, -0.05) is 51.3 Å². The molecule has 0 aromatic heterocycles. The number of rotatable bonds is 18. The summed E-state index contributed by atoms with van der Waals surface area (Å²) in [6, 6.07) is 0.388. The Kier molecular flexibility index (Phi) is 13.8. The van der Waals surface area contributed by atoms with E-state index >= 15 is 0 Å². The first kappa shape index (κ1) is 31.7. The molecule has 0 aromatic carbocycles. The molecule has 1 heterocycles. The minimum atomic E-state index is -0.849. The van der Waals surface area contributed by atoms with Crippen molar-refractivity contribution < 1.29 is 9.50 Å². The standard InChI is InChI=1S/C31H54ClFN4O/c1-21(5-6-22(2)11-13-36-31(38)17-27-15-23(27)3)7-9-28-16-25(12-14-35-28)19-34-20-26-8-10-29(18-30(26)33)37-24(4)32/h8,10,12,14,21-24,26-31,34,36-38H,5-7,9,11,13,15-20H2,1-4H3/t21-,22+,23-,24-,26?,27-,28?,29?,30?,31?/m1/s1. The van der Waals surface area contributed by atoms with E-state index in [1.54, 1.807) is 0 Å². The van der Waals surface area contributed by atoms with E-state index in [1.165, 1.54) is 31.3 Å². The molecule has 1 fully saturated rings. The third-order valence-electron chi connectivity index (χ3n) is 8.78. The molecule has 1 aliphatic heterocycles. The van der Waals surface area contributed by atoms with Crippen molar-refractivity contribution in [2.75, 3.05) is 19.6 Å². The number of hydrogen-bond acceptors (Lipinski definition) is 5. The molecule has 0 spiro atoms. The zero-order valence-corrected chi connectivity index (χ0v) is 25.0. The summed E-state index contributed by atoms with van der Waals surface area (Å²) < 4.78 is 14.6. The van der Waals surface area contributed by atoms with Crippen molar-refractivity contribution in [3.63, 3.8) is 0 Å². The minimum absolute atomic E-state index is 0.0223. The summed E-state index contributed by atoms with van der Waals surface area (Å²) in [5.74, 6) is 2.83. The zero-order chi connectivity index (χ0) is 27.5. The van der Waals surface area contributed by atoms with Crippen molar-refractivity contribution in [1.29, 1.82) is 0 Å². The van der Waals surface area contributed by atoms with Crippen molar-refractivity contribution in [1.82, 2.24) is 16.0 Å². The predicted molar refractivity (Wildman–Crippen MR) is 160 cm³/mol. The number of nitrogens with zero attached hydrogens (tertiary/aromatic N) is 1. The number of aliphatic imine (C=N–C) groups is 1. The molecule has 0 saturated heterocycles. The van der Waals surface area contributed by atoms with Gasteiger partial charge in [0.1, 0.15) is 12.4 Å². The van der Waals surface area contributed by atoms with Crippen LogP contribution in [0.1, 0.15) is 85.5 Å². The monoisotopic (exact) mass is 552 g/mol. The van der Waals surface area contributed by atoms with Crippen molar-refractivity contribution in [2.45, 2.75) is 115 Å². The average Bonchev–Trinajstić information content (AvgIpc) is 3.56. The lowest BCUT2D eigenvalue weighted by Gasteiger charge is -2.28. The smallest absolute Gasteiger partial charge is 0.109 e. The van der Waals surface area contributed by atoms with Crippen LogP contribution in [0.4, 0.5) is 4.39 Å². The normalized spacial score (nSPS) is 32.0. The summed E-state index contributed by atoms with van der Waals surface area (Å²) in [7, 11) is 0. The molecule has 5 unspecified atom stereocenters. The molecule has 0 bridgehead atoms. The van der Waals surface area contributed by atoms with Crippen LogP contribution in [-0.4, -0.2) is 60.9 Å². The van der Waals surface area contributed by atoms with Crippen LogP contribution in [0.25, 0.3) is 0 Å². The lowest BCUT2D eigenvalue weighted by atomic mass is 9.90. The Labute approximate surface area is 236 Å². The predicted octanol–water partition coefficient (Wildman–Crippen LogP) is 5.98. The number of aliphatic hydroxyl groups is 1. The van der Waals surface area contributed by atoms with Crippen molar-refractivity contribution >= 4 is 17.8 Å². The Balaban J connectivity index is 1.22. The summed E-state index contributed by atoms with van der Waals surface area (Å²) in [5, 5.41) is 20.1. The molecule has 2 aliphatic carbocycles. The van der Waals surface area contributed by atoms with Crippen LogP contribution in [0.15, 0.2) is 28.8 Å². The average molecular weight is 553 g/mol. The van der Waals surface area contributed by atoms with Gasteiger partial charge in [0, 0.05) is 31.3 Å². The van der Waals surface area contributed by atoms with Gasteiger partial charge in [-0.2, -0.15) is 0 Å². The van der Waals surface area contributed by atoms with E-state index in [4.69, 9.17) is 16.6 Å². The first-order valence-corrected chi connectivity index (χ1v) is 15.7. The van der Waals surface area contributed by atoms with Gasteiger partial charge >= 0.3 is 0 Å². The van der Waals surface area contributed by atoms with E-state index in [2.05, 4.69) is 48.9 Å². The molecule has 10 atom stereocenters. The molecular weight excluding hydrogens is 499 g/mol. The Morgan fingerprint density at radius 2 is 1.84 bits per heavy atom. The van der Waals surface area contributed by atoms with Crippen LogP contribution < -0.4 is 16.0 Å². The van der Waals surface area contributed by atoms with Gasteiger partial charge in [0.15, 0.2) is 0 Å². The maximum Gasteiger partial charge on any atom is 0.109 e. The molecule has 3 rings (SSSR count). The molecule has 3 aliphatic rings. The van der Waals surface area contributed by atoms with E-state index < -0.39 is 6.17 Å². The van der Waals surface area contributed by atoms with Gasteiger partial charge in [-0.25, -0.2) is 4.39 Å². The maximum absolute atomic E-state index is 14.6. The van der Waals surface area contributed by atoms with Gasteiger partial charge in [-0.3, -0.25) is 15.6 Å². The minimum Gasteiger partial charge on any atom is -0.379 e.